The third-order valence-electron chi connectivity index (χ3n) is 8.10. The lowest BCUT2D eigenvalue weighted by molar-refractivity contribution is -0.194. The van der Waals surface area contributed by atoms with Crippen LogP contribution in [0.15, 0.2) is 12.2 Å². The summed E-state index contributed by atoms with van der Waals surface area (Å²) in [6, 6.07) is 0. The second-order valence-corrected chi connectivity index (χ2v) is 10.6. The smallest absolute Gasteiger partial charge is 0.218 e. The van der Waals surface area contributed by atoms with Crippen molar-refractivity contribution in [1.82, 2.24) is 0 Å². The van der Waals surface area contributed by atoms with Gasteiger partial charge in [-0.1, -0.05) is 38.3 Å². The normalized spacial score (nSPS) is 37.4. The zero-order valence-corrected chi connectivity index (χ0v) is 20.6. The van der Waals surface area contributed by atoms with Gasteiger partial charge in [0.2, 0.25) is 6.29 Å². The molecule has 7 heteroatoms. The Bertz CT molecular complexity index is 716. The number of Topliss-reactive ketones (excluding diaryl/α,β-unsaturated/α-hetero) is 2. The van der Waals surface area contributed by atoms with Crippen molar-refractivity contribution in [2.75, 3.05) is 19.8 Å². The average molecular weight is 479 g/mol. The summed E-state index contributed by atoms with van der Waals surface area (Å²) in [6.07, 6.45) is 12.7. The van der Waals surface area contributed by atoms with E-state index in [0.29, 0.717) is 38.9 Å². The zero-order chi connectivity index (χ0) is 24.0. The van der Waals surface area contributed by atoms with Gasteiger partial charge in [-0.3, -0.25) is 9.59 Å². The van der Waals surface area contributed by atoms with Crippen LogP contribution in [0.4, 0.5) is 0 Å². The Labute approximate surface area is 203 Å². The van der Waals surface area contributed by atoms with Crippen molar-refractivity contribution >= 4 is 11.6 Å². The third-order valence-corrected chi connectivity index (χ3v) is 8.10. The van der Waals surface area contributed by atoms with Crippen LogP contribution in [0.3, 0.4) is 0 Å². The first-order valence-electron chi connectivity index (χ1n) is 13.4. The molecule has 7 nitrogen and oxygen atoms in total. The number of aliphatic hydroxyl groups is 1. The van der Waals surface area contributed by atoms with Crippen LogP contribution in [0, 0.1) is 17.3 Å². The molecule has 0 amide bonds. The average Bonchev–Trinajstić information content (AvgIpc) is 3.30. The van der Waals surface area contributed by atoms with Crippen LogP contribution in [-0.4, -0.2) is 61.3 Å². The van der Waals surface area contributed by atoms with Gasteiger partial charge in [-0.25, -0.2) is 0 Å². The van der Waals surface area contributed by atoms with E-state index in [2.05, 4.69) is 19.1 Å². The van der Waals surface area contributed by atoms with E-state index in [-0.39, 0.29) is 48.5 Å². The Morgan fingerprint density at radius 3 is 2.76 bits per heavy atom. The molecule has 4 aliphatic rings. The molecule has 2 aliphatic heterocycles. The Balaban J connectivity index is 1.50. The minimum absolute atomic E-state index is 0.0000249. The van der Waals surface area contributed by atoms with Gasteiger partial charge in [0.25, 0.3) is 0 Å². The largest absolute Gasteiger partial charge is 0.396 e. The lowest BCUT2D eigenvalue weighted by Gasteiger charge is -2.29. The maximum atomic E-state index is 12.4. The van der Waals surface area contributed by atoms with E-state index in [1.807, 2.05) is 0 Å². The van der Waals surface area contributed by atoms with E-state index in [1.54, 1.807) is 0 Å². The van der Waals surface area contributed by atoms with Gasteiger partial charge in [-0.2, -0.15) is 0 Å². The molecule has 2 aliphatic carbocycles. The van der Waals surface area contributed by atoms with E-state index >= 15 is 0 Å². The second kappa shape index (κ2) is 12.2. The molecule has 4 fully saturated rings. The molecule has 7 atom stereocenters. The third kappa shape index (κ3) is 6.16. The predicted molar refractivity (Wildman–Crippen MR) is 126 cm³/mol. The van der Waals surface area contributed by atoms with Crippen molar-refractivity contribution in [2.24, 2.45) is 17.3 Å². The molecular formula is C27H42O7. The van der Waals surface area contributed by atoms with Crippen LogP contribution in [0.2, 0.25) is 0 Å². The van der Waals surface area contributed by atoms with Gasteiger partial charge in [0.05, 0.1) is 18.8 Å². The highest BCUT2D eigenvalue weighted by atomic mass is 16.7. The van der Waals surface area contributed by atoms with E-state index in [1.165, 1.54) is 0 Å². The Morgan fingerprint density at radius 1 is 1.18 bits per heavy atom. The molecule has 0 bridgehead atoms. The van der Waals surface area contributed by atoms with Crippen LogP contribution in [-0.2, 0) is 28.5 Å². The molecule has 2 unspecified atom stereocenters. The topological polar surface area (TPSA) is 91.3 Å². The maximum absolute atomic E-state index is 12.4. The van der Waals surface area contributed by atoms with Gasteiger partial charge in [0, 0.05) is 43.8 Å². The summed E-state index contributed by atoms with van der Waals surface area (Å²) < 4.78 is 24.0. The second-order valence-electron chi connectivity index (χ2n) is 10.6. The summed E-state index contributed by atoms with van der Waals surface area (Å²) in [7, 11) is 0. The van der Waals surface area contributed by atoms with E-state index in [9.17, 15) is 14.7 Å². The van der Waals surface area contributed by atoms with Crippen LogP contribution in [0.25, 0.3) is 0 Å². The standard InChI is InChI=1S/C27H42O7/c1-2-3-4-8-20(33-26-23(30)9-7-14-32-26)11-12-21-22-15-19(29)16-27(22,18-28)17-24(21)34-25-10-5-6-13-31-25/h11-12,20-22,24-26,28H,2-10,13-18H2,1H3/t20-,21+,22+,24+,25?,26?,27-/m0/s1. The van der Waals surface area contributed by atoms with Gasteiger partial charge < -0.3 is 24.1 Å². The summed E-state index contributed by atoms with van der Waals surface area (Å²) in [5.74, 6) is 0.294. The quantitative estimate of drug-likeness (QED) is 0.353. The van der Waals surface area contributed by atoms with Crippen LogP contribution in [0.5, 0.6) is 0 Å². The molecule has 4 rings (SSSR count). The lowest BCUT2D eigenvalue weighted by Crippen LogP contribution is -2.35. The molecule has 0 aromatic rings. The first-order chi connectivity index (χ1) is 16.5. The molecule has 192 valence electrons. The number of hydrogen-bond acceptors (Lipinski definition) is 7. The monoisotopic (exact) mass is 478 g/mol. The minimum Gasteiger partial charge on any atom is -0.396 e. The number of aliphatic hydroxyl groups excluding tert-OH is 1. The lowest BCUT2D eigenvalue weighted by atomic mass is 9.78. The molecule has 0 aromatic carbocycles. The molecule has 2 saturated carbocycles. The Morgan fingerprint density at radius 2 is 2.03 bits per heavy atom. The summed E-state index contributed by atoms with van der Waals surface area (Å²) in [4.78, 5) is 24.7. The molecule has 34 heavy (non-hydrogen) atoms. The highest BCUT2D eigenvalue weighted by Crippen LogP contribution is 2.57. The molecule has 0 spiro atoms. The fourth-order valence-electron chi connectivity index (χ4n) is 6.25. The van der Waals surface area contributed by atoms with Crippen molar-refractivity contribution in [3.05, 3.63) is 12.2 Å². The number of ketones is 2. The SMILES string of the molecule is CCCCC[C@@H](C=C[C@@H]1[C@H]2CC(=O)C[C@@]2(CO)C[C@H]1OC1CCCCO1)OC1OCCCC1=O. The van der Waals surface area contributed by atoms with Gasteiger partial charge >= 0.3 is 0 Å². The zero-order valence-electron chi connectivity index (χ0n) is 20.6. The number of unbranched alkanes of at least 4 members (excludes halogenated alkanes) is 2. The van der Waals surface area contributed by atoms with Crippen molar-refractivity contribution in [1.29, 1.82) is 0 Å². The van der Waals surface area contributed by atoms with Gasteiger partial charge in [-0.15, -0.1) is 0 Å². The van der Waals surface area contributed by atoms with E-state index in [4.69, 9.17) is 18.9 Å². The van der Waals surface area contributed by atoms with Crippen LogP contribution in [0.1, 0.15) is 84.0 Å². The molecular weight excluding hydrogens is 436 g/mol. The van der Waals surface area contributed by atoms with Crippen molar-refractivity contribution in [2.45, 2.75) is 109 Å². The van der Waals surface area contributed by atoms with Crippen molar-refractivity contribution in [3.8, 4) is 0 Å². The summed E-state index contributed by atoms with van der Waals surface area (Å²) in [5, 5.41) is 10.3. The number of fused-ring (bicyclic) bond motifs is 1. The molecule has 2 heterocycles. The van der Waals surface area contributed by atoms with Crippen molar-refractivity contribution < 1.29 is 33.6 Å². The van der Waals surface area contributed by atoms with Crippen LogP contribution < -0.4 is 0 Å². The summed E-state index contributed by atoms with van der Waals surface area (Å²) in [6.45, 7) is 3.43. The number of hydrogen-bond donors (Lipinski definition) is 1. The highest BCUT2D eigenvalue weighted by Gasteiger charge is 2.58. The minimum atomic E-state index is -0.791. The van der Waals surface area contributed by atoms with Gasteiger partial charge in [0.1, 0.15) is 5.78 Å². The van der Waals surface area contributed by atoms with Crippen LogP contribution >= 0.6 is 0 Å². The van der Waals surface area contributed by atoms with Gasteiger partial charge in [0.15, 0.2) is 12.1 Å². The molecule has 0 aromatic heterocycles. The fraction of sp³-hybridized carbons (Fsp3) is 0.852. The first-order valence-corrected chi connectivity index (χ1v) is 13.4. The fourth-order valence-corrected chi connectivity index (χ4v) is 6.25. The van der Waals surface area contributed by atoms with Crippen molar-refractivity contribution in [3.63, 3.8) is 0 Å². The highest BCUT2D eigenvalue weighted by molar-refractivity contribution is 5.82. The summed E-state index contributed by atoms with van der Waals surface area (Å²) in [5.41, 5.74) is -0.410. The molecule has 1 N–H and O–H groups in total. The summed E-state index contributed by atoms with van der Waals surface area (Å²) >= 11 is 0. The van der Waals surface area contributed by atoms with E-state index in [0.717, 1.165) is 51.4 Å². The first kappa shape index (κ1) is 26.0. The Kier molecular flexibility index (Phi) is 9.33. The Hall–Kier alpha value is -1.12. The number of carbonyl (C=O) groups excluding carboxylic acids is 2. The molecule has 2 saturated heterocycles. The maximum Gasteiger partial charge on any atom is 0.218 e. The number of carbonyl (C=O) groups is 2. The number of rotatable bonds is 11. The van der Waals surface area contributed by atoms with E-state index < -0.39 is 11.7 Å². The molecule has 0 radical (unpaired) electrons. The predicted octanol–water partition coefficient (Wildman–Crippen LogP) is 4.10. The van der Waals surface area contributed by atoms with Gasteiger partial charge in [-0.05, 0) is 44.4 Å². The number of ether oxygens (including phenoxy) is 4.